The number of ether oxygens (including phenoxy) is 1. The van der Waals surface area contributed by atoms with Crippen LogP contribution in [0, 0.1) is 5.41 Å². The topological polar surface area (TPSA) is 21.3 Å². The first-order valence-electron chi connectivity index (χ1n) is 8.81. The van der Waals surface area contributed by atoms with Crippen LogP contribution in [0.3, 0.4) is 0 Å². The lowest BCUT2D eigenvalue weighted by Gasteiger charge is -2.37. The fourth-order valence-corrected chi connectivity index (χ4v) is 4.73. The van der Waals surface area contributed by atoms with Gasteiger partial charge in [-0.1, -0.05) is 31.0 Å². The molecule has 0 bridgehead atoms. The summed E-state index contributed by atoms with van der Waals surface area (Å²) in [4.78, 5) is 0. The molecule has 1 aliphatic heterocycles. The zero-order valence-electron chi connectivity index (χ0n) is 12.9. The molecule has 1 spiro atoms. The zero-order valence-corrected chi connectivity index (χ0v) is 12.9. The SMILES string of the molecule is c1ccc2c(c1)CC(CNC1CCC3(CCCC3)CC1)O2. The van der Waals surface area contributed by atoms with E-state index in [1.54, 1.807) is 0 Å². The molecule has 2 fully saturated rings. The monoisotopic (exact) mass is 285 g/mol. The van der Waals surface area contributed by atoms with E-state index in [0.29, 0.717) is 6.10 Å². The molecular formula is C19H27NO. The third-order valence-corrected chi connectivity index (χ3v) is 6.06. The van der Waals surface area contributed by atoms with Gasteiger partial charge in [0.15, 0.2) is 0 Å². The molecule has 0 saturated heterocycles. The Labute approximate surface area is 128 Å². The standard InChI is InChI=1S/C19H27NO/c1-2-6-18-15(5-1)13-17(21-18)14-20-16-7-11-19(12-8-16)9-3-4-10-19/h1-2,5-6,16-17,20H,3-4,7-14H2. The van der Waals surface area contributed by atoms with Gasteiger partial charge in [0.1, 0.15) is 11.9 Å². The van der Waals surface area contributed by atoms with Crippen molar-refractivity contribution in [3.8, 4) is 5.75 Å². The van der Waals surface area contributed by atoms with Gasteiger partial charge in [0, 0.05) is 19.0 Å². The molecule has 1 N–H and O–H groups in total. The maximum atomic E-state index is 6.03. The largest absolute Gasteiger partial charge is 0.488 e. The Morgan fingerprint density at radius 1 is 1.05 bits per heavy atom. The van der Waals surface area contributed by atoms with Crippen molar-refractivity contribution in [3.63, 3.8) is 0 Å². The summed E-state index contributed by atoms with van der Waals surface area (Å²) in [7, 11) is 0. The maximum absolute atomic E-state index is 6.03. The van der Waals surface area contributed by atoms with E-state index >= 15 is 0 Å². The second-order valence-corrected chi connectivity index (χ2v) is 7.44. The Morgan fingerprint density at radius 2 is 1.81 bits per heavy atom. The lowest BCUT2D eigenvalue weighted by atomic mass is 9.71. The molecule has 0 radical (unpaired) electrons. The third kappa shape index (κ3) is 2.83. The predicted octanol–water partition coefficient (Wildman–Crippen LogP) is 4.08. The summed E-state index contributed by atoms with van der Waals surface area (Å²) in [6.45, 7) is 1.01. The minimum absolute atomic E-state index is 0.338. The van der Waals surface area contributed by atoms with Gasteiger partial charge in [0.2, 0.25) is 0 Å². The third-order valence-electron chi connectivity index (χ3n) is 6.06. The van der Waals surface area contributed by atoms with Gasteiger partial charge in [0.05, 0.1) is 0 Å². The molecule has 3 aliphatic rings. The summed E-state index contributed by atoms with van der Waals surface area (Å²) >= 11 is 0. The summed E-state index contributed by atoms with van der Waals surface area (Å²) in [5.74, 6) is 1.10. The molecule has 2 aliphatic carbocycles. The van der Waals surface area contributed by atoms with Crippen LogP contribution >= 0.6 is 0 Å². The lowest BCUT2D eigenvalue weighted by Crippen LogP contribution is -2.41. The Hall–Kier alpha value is -1.02. The highest BCUT2D eigenvalue weighted by molar-refractivity contribution is 5.37. The molecule has 4 rings (SSSR count). The van der Waals surface area contributed by atoms with E-state index in [1.165, 1.54) is 56.9 Å². The smallest absolute Gasteiger partial charge is 0.123 e. The number of rotatable bonds is 3. The normalized spacial score (nSPS) is 27.7. The molecule has 114 valence electrons. The Kier molecular flexibility index (Phi) is 3.66. The van der Waals surface area contributed by atoms with Crippen LogP contribution in [0.15, 0.2) is 24.3 Å². The minimum Gasteiger partial charge on any atom is -0.488 e. The molecule has 1 heterocycles. The number of benzene rings is 1. The first-order chi connectivity index (χ1) is 10.3. The van der Waals surface area contributed by atoms with E-state index in [1.807, 2.05) is 0 Å². The molecule has 1 unspecified atom stereocenters. The van der Waals surface area contributed by atoms with Crippen molar-refractivity contribution in [2.24, 2.45) is 5.41 Å². The molecule has 21 heavy (non-hydrogen) atoms. The van der Waals surface area contributed by atoms with Crippen LogP contribution in [0.1, 0.15) is 56.9 Å². The van der Waals surface area contributed by atoms with Crippen molar-refractivity contribution in [3.05, 3.63) is 29.8 Å². The summed E-state index contributed by atoms with van der Waals surface area (Å²) in [5.41, 5.74) is 2.12. The van der Waals surface area contributed by atoms with E-state index in [0.717, 1.165) is 30.2 Å². The van der Waals surface area contributed by atoms with Crippen molar-refractivity contribution in [1.29, 1.82) is 0 Å². The first-order valence-corrected chi connectivity index (χ1v) is 8.81. The second-order valence-electron chi connectivity index (χ2n) is 7.44. The summed E-state index contributed by atoms with van der Waals surface area (Å²) in [6, 6.07) is 9.19. The number of hydrogen-bond acceptors (Lipinski definition) is 2. The Balaban J connectivity index is 1.24. The fourth-order valence-electron chi connectivity index (χ4n) is 4.73. The molecule has 1 atom stereocenters. The van der Waals surface area contributed by atoms with Gasteiger partial charge >= 0.3 is 0 Å². The van der Waals surface area contributed by atoms with Gasteiger partial charge in [-0.2, -0.15) is 0 Å². The van der Waals surface area contributed by atoms with Crippen LogP contribution in [0.2, 0.25) is 0 Å². The van der Waals surface area contributed by atoms with Gasteiger partial charge < -0.3 is 10.1 Å². The highest BCUT2D eigenvalue weighted by Gasteiger charge is 2.37. The quantitative estimate of drug-likeness (QED) is 0.903. The van der Waals surface area contributed by atoms with E-state index in [2.05, 4.69) is 29.6 Å². The van der Waals surface area contributed by atoms with Gasteiger partial charge in [-0.25, -0.2) is 0 Å². The number of para-hydroxylation sites is 1. The average Bonchev–Trinajstić information content (AvgIpc) is 3.13. The lowest BCUT2D eigenvalue weighted by molar-refractivity contribution is 0.156. The van der Waals surface area contributed by atoms with Crippen molar-refractivity contribution in [2.75, 3.05) is 6.54 Å². The van der Waals surface area contributed by atoms with Gasteiger partial charge in [-0.15, -0.1) is 0 Å². The molecule has 0 amide bonds. The van der Waals surface area contributed by atoms with Crippen LogP contribution < -0.4 is 10.1 Å². The fraction of sp³-hybridized carbons (Fsp3) is 0.684. The zero-order chi connectivity index (χ0) is 14.1. The van der Waals surface area contributed by atoms with Gasteiger partial charge in [-0.3, -0.25) is 0 Å². The van der Waals surface area contributed by atoms with Crippen LogP contribution in [0.25, 0.3) is 0 Å². The van der Waals surface area contributed by atoms with Gasteiger partial charge in [-0.05, 0) is 55.6 Å². The molecule has 2 heteroatoms. The van der Waals surface area contributed by atoms with E-state index in [9.17, 15) is 0 Å². The molecular weight excluding hydrogens is 258 g/mol. The van der Waals surface area contributed by atoms with E-state index < -0.39 is 0 Å². The molecule has 2 saturated carbocycles. The van der Waals surface area contributed by atoms with Crippen LogP contribution in [-0.2, 0) is 6.42 Å². The molecule has 2 nitrogen and oxygen atoms in total. The van der Waals surface area contributed by atoms with Crippen molar-refractivity contribution in [2.45, 2.75) is 69.9 Å². The summed E-state index contributed by atoms with van der Waals surface area (Å²) in [6.07, 6.45) is 13.0. The average molecular weight is 285 g/mol. The Bertz CT molecular complexity index is 457. The van der Waals surface area contributed by atoms with Crippen LogP contribution in [0.4, 0.5) is 0 Å². The highest BCUT2D eigenvalue weighted by atomic mass is 16.5. The predicted molar refractivity (Wildman–Crippen MR) is 85.7 cm³/mol. The maximum Gasteiger partial charge on any atom is 0.123 e. The Morgan fingerprint density at radius 3 is 2.57 bits per heavy atom. The first kappa shape index (κ1) is 13.6. The highest BCUT2D eigenvalue weighted by Crippen LogP contribution is 2.48. The second kappa shape index (κ2) is 5.64. The number of hydrogen-bond donors (Lipinski definition) is 1. The van der Waals surface area contributed by atoms with Crippen molar-refractivity contribution < 1.29 is 4.74 Å². The summed E-state index contributed by atoms with van der Waals surface area (Å²) in [5, 5.41) is 3.78. The van der Waals surface area contributed by atoms with E-state index in [-0.39, 0.29) is 0 Å². The molecule has 1 aromatic carbocycles. The minimum atomic E-state index is 0.338. The van der Waals surface area contributed by atoms with Gasteiger partial charge in [0.25, 0.3) is 0 Å². The molecule has 0 aromatic heterocycles. The van der Waals surface area contributed by atoms with E-state index in [4.69, 9.17) is 4.74 Å². The van der Waals surface area contributed by atoms with Crippen LogP contribution in [0.5, 0.6) is 5.75 Å². The number of nitrogens with one attached hydrogen (secondary N) is 1. The number of fused-ring (bicyclic) bond motifs is 1. The van der Waals surface area contributed by atoms with Crippen molar-refractivity contribution >= 4 is 0 Å². The summed E-state index contributed by atoms with van der Waals surface area (Å²) < 4.78 is 6.03. The van der Waals surface area contributed by atoms with Crippen LogP contribution in [-0.4, -0.2) is 18.7 Å². The molecule has 1 aromatic rings. The van der Waals surface area contributed by atoms with Crippen molar-refractivity contribution in [1.82, 2.24) is 5.32 Å².